The molecule has 1 rings (SSSR count). The fourth-order valence-electron chi connectivity index (χ4n) is 1.80. The Bertz CT molecular complexity index is 100. The van der Waals surface area contributed by atoms with E-state index in [4.69, 9.17) is 20.4 Å². The molecule has 7 N–H and O–H groups in total. The summed E-state index contributed by atoms with van der Waals surface area (Å²) in [5.41, 5.74) is 0. The zero-order valence-electron chi connectivity index (χ0n) is 16.7. The topological polar surface area (TPSA) is 131 Å². The summed E-state index contributed by atoms with van der Waals surface area (Å²) >= 11 is 0. The van der Waals surface area contributed by atoms with Crippen LogP contribution in [0, 0.1) is 0 Å². The monoisotopic (exact) mass is 403 g/mol. The van der Waals surface area contributed by atoms with E-state index in [0.29, 0.717) is 0 Å². The summed E-state index contributed by atoms with van der Waals surface area (Å²) in [6.07, 6.45) is 4.82. The number of rotatable bonds is 0. The van der Waals surface area contributed by atoms with Crippen LogP contribution in [0.25, 0.3) is 5.32 Å². The van der Waals surface area contributed by atoms with Crippen LogP contribution in [-0.2, 0) is 21.7 Å². The molecule has 1 aliphatic heterocycles. The molecule has 0 aromatic carbocycles. The van der Waals surface area contributed by atoms with Gasteiger partial charge in [-0.25, -0.2) is 0 Å². The van der Waals surface area contributed by atoms with Crippen molar-refractivity contribution in [1.29, 1.82) is 0 Å². The van der Waals surface area contributed by atoms with Gasteiger partial charge in [-0.05, 0) is 52.1 Å². The smallest absolute Gasteiger partial charge is 0.0319 e. The van der Waals surface area contributed by atoms with E-state index in [2.05, 4.69) is 21.3 Å². The van der Waals surface area contributed by atoms with Gasteiger partial charge in [-0.1, -0.05) is 12.8 Å². The Kier molecular flexibility index (Phi) is 72.2. The molecular weight excluding hydrogens is 360 g/mol. The fraction of sp³-hybridized carbons (Fsp3) is 1.00. The van der Waals surface area contributed by atoms with Crippen molar-refractivity contribution < 1.29 is 42.1 Å². The predicted molar refractivity (Wildman–Crippen MR) is 103 cm³/mol. The average Bonchev–Trinajstić information content (AvgIpc) is 2.68. The van der Waals surface area contributed by atoms with Gasteiger partial charge in [0.15, 0.2) is 0 Å². The zero-order valence-corrected chi connectivity index (χ0v) is 18.3. The first-order chi connectivity index (χ1) is 12.0. The zero-order chi connectivity index (χ0) is 19.3. The normalized spacial score (nSPS) is 16.3. The minimum atomic E-state index is 0. The number of aliphatic hydroxyl groups is 4. The molecule has 156 valence electrons. The Morgan fingerprint density at radius 2 is 0.720 bits per heavy atom. The molecule has 0 atom stereocenters. The molecule has 8 nitrogen and oxygen atoms in total. The SMILES string of the molecule is C1C[N-]CCCNCCCNCCCNC1.CO.CO.CO.CO.[Ti]. The Labute approximate surface area is 170 Å². The van der Waals surface area contributed by atoms with E-state index in [-0.39, 0.29) is 21.7 Å². The van der Waals surface area contributed by atoms with Gasteiger partial charge in [-0.3, -0.25) is 0 Å². The van der Waals surface area contributed by atoms with Crippen LogP contribution in [0.3, 0.4) is 0 Å². The molecule has 0 bridgehead atoms. The average molecular weight is 403 g/mol. The van der Waals surface area contributed by atoms with Crippen LogP contribution in [-0.4, -0.2) is 101 Å². The molecule has 0 saturated carbocycles. The van der Waals surface area contributed by atoms with E-state index >= 15 is 0 Å². The van der Waals surface area contributed by atoms with E-state index in [1.54, 1.807) is 0 Å². The van der Waals surface area contributed by atoms with Gasteiger partial charge in [-0.2, -0.15) is 0 Å². The van der Waals surface area contributed by atoms with Crippen LogP contribution in [0.15, 0.2) is 0 Å². The summed E-state index contributed by atoms with van der Waals surface area (Å²) < 4.78 is 0. The molecule has 9 heteroatoms. The number of nitrogens with one attached hydrogen (secondary N) is 3. The summed E-state index contributed by atoms with van der Waals surface area (Å²) in [5.74, 6) is 0. The maximum atomic E-state index is 7.00. The van der Waals surface area contributed by atoms with Crippen LogP contribution in [0.2, 0.25) is 0 Å². The third kappa shape index (κ3) is 45.5. The number of hydrogen-bond donors (Lipinski definition) is 7. The summed E-state index contributed by atoms with van der Waals surface area (Å²) in [6, 6.07) is 0. The van der Waals surface area contributed by atoms with Crippen LogP contribution in [0.1, 0.15) is 25.7 Å². The second-order valence-electron chi connectivity index (χ2n) is 4.34. The van der Waals surface area contributed by atoms with E-state index in [0.717, 1.165) is 80.8 Å². The predicted octanol–water partition coefficient (Wildman–Crippen LogP) is -0.866. The number of hydrogen-bond acceptors (Lipinski definition) is 7. The van der Waals surface area contributed by atoms with E-state index in [1.165, 1.54) is 25.7 Å². The van der Waals surface area contributed by atoms with E-state index in [1.807, 2.05) is 0 Å². The molecule has 25 heavy (non-hydrogen) atoms. The van der Waals surface area contributed by atoms with Crippen LogP contribution in [0.5, 0.6) is 0 Å². The second kappa shape index (κ2) is 49.7. The molecule has 0 radical (unpaired) electrons. The summed E-state index contributed by atoms with van der Waals surface area (Å²) in [5, 5.41) is 42.9. The van der Waals surface area contributed by atoms with Crippen molar-refractivity contribution in [1.82, 2.24) is 16.0 Å². The third-order valence-corrected chi connectivity index (χ3v) is 2.75. The Hall–Kier alpha value is 0.394. The molecule has 0 amide bonds. The molecule has 0 aliphatic carbocycles. The van der Waals surface area contributed by atoms with Crippen molar-refractivity contribution in [2.24, 2.45) is 0 Å². The van der Waals surface area contributed by atoms with Crippen molar-refractivity contribution in [2.75, 3.05) is 80.8 Å². The number of aliphatic hydroxyl groups excluding tert-OH is 4. The summed E-state index contributed by atoms with van der Waals surface area (Å²) in [7, 11) is 4.00. The van der Waals surface area contributed by atoms with Crippen molar-refractivity contribution >= 4 is 0 Å². The Balaban J connectivity index is -0.000000130. The molecule has 0 aromatic rings. The van der Waals surface area contributed by atoms with Gasteiger partial charge in [0.25, 0.3) is 0 Å². The minimum Gasteiger partial charge on any atom is -0.662 e. The first-order valence-corrected chi connectivity index (χ1v) is 8.54. The van der Waals surface area contributed by atoms with Crippen molar-refractivity contribution in [3.63, 3.8) is 0 Å². The molecule has 0 aromatic heterocycles. The van der Waals surface area contributed by atoms with Gasteiger partial charge in [0.2, 0.25) is 0 Å². The van der Waals surface area contributed by atoms with Crippen LogP contribution >= 0.6 is 0 Å². The Morgan fingerprint density at radius 1 is 0.480 bits per heavy atom. The van der Waals surface area contributed by atoms with E-state index in [9.17, 15) is 0 Å². The summed E-state index contributed by atoms with van der Waals surface area (Å²) in [4.78, 5) is 0. The maximum absolute atomic E-state index is 7.00. The molecule has 0 unspecified atom stereocenters. The minimum absolute atomic E-state index is 0. The first-order valence-electron chi connectivity index (χ1n) is 8.54. The Morgan fingerprint density at radius 3 is 1.00 bits per heavy atom. The molecule has 1 heterocycles. The maximum Gasteiger partial charge on any atom is 0.0319 e. The quantitative estimate of drug-likeness (QED) is 0.262. The molecule has 1 aliphatic rings. The van der Waals surface area contributed by atoms with Gasteiger partial charge in [0.05, 0.1) is 0 Å². The van der Waals surface area contributed by atoms with Crippen molar-refractivity contribution in [3.05, 3.63) is 5.32 Å². The van der Waals surface area contributed by atoms with Gasteiger partial charge in [0, 0.05) is 50.2 Å². The second-order valence-corrected chi connectivity index (χ2v) is 4.34. The molecule has 1 fully saturated rings. The molecular formula is C16H43N4O4Ti-. The van der Waals surface area contributed by atoms with Crippen molar-refractivity contribution in [3.8, 4) is 0 Å². The van der Waals surface area contributed by atoms with Crippen LogP contribution < -0.4 is 16.0 Å². The molecule has 0 spiro atoms. The summed E-state index contributed by atoms with van der Waals surface area (Å²) in [6.45, 7) is 8.80. The fourth-order valence-corrected chi connectivity index (χ4v) is 1.80. The molecule has 1 saturated heterocycles. The van der Waals surface area contributed by atoms with Gasteiger partial charge >= 0.3 is 0 Å². The van der Waals surface area contributed by atoms with Gasteiger partial charge < -0.3 is 41.7 Å². The van der Waals surface area contributed by atoms with Crippen molar-refractivity contribution in [2.45, 2.75) is 25.7 Å². The first kappa shape index (κ1) is 36.3. The number of nitrogens with zero attached hydrogens (tertiary/aromatic N) is 1. The van der Waals surface area contributed by atoms with E-state index < -0.39 is 0 Å². The van der Waals surface area contributed by atoms with Gasteiger partial charge in [0.1, 0.15) is 0 Å². The third-order valence-electron chi connectivity index (χ3n) is 2.75. The standard InChI is InChI=1S/C12H27N4.4CH4O.Ti/c1-5-13-7-2-9-15-11-4-12-16-10-3-8-14-6-1;4*1-2;/h13-15H,1-12H2;4*2H,1H3;/q-1;;;;;. The largest absolute Gasteiger partial charge is 0.662 e. The van der Waals surface area contributed by atoms with Crippen LogP contribution in [0.4, 0.5) is 0 Å². The van der Waals surface area contributed by atoms with Gasteiger partial charge in [-0.15, -0.1) is 13.1 Å².